The highest BCUT2D eigenvalue weighted by atomic mass is 32.2. The predicted molar refractivity (Wildman–Crippen MR) is 101 cm³/mol. The molecule has 0 saturated carbocycles. The van der Waals surface area contributed by atoms with Crippen LogP contribution in [0.2, 0.25) is 0 Å². The standard InChI is InChI=1S/C20H23FN2O3S/c1-15-10-12-23(13-11-15)20(24)17-4-8-19(9-5-17)27(25,26)22-14-16-2-6-18(21)7-3-16/h2-9,15,22H,10-14H2,1H3. The molecule has 0 bridgehead atoms. The fourth-order valence-corrected chi connectivity index (χ4v) is 4.05. The summed E-state index contributed by atoms with van der Waals surface area (Å²) in [5.41, 5.74) is 1.15. The number of likely N-dealkylation sites (tertiary alicyclic amines) is 1. The van der Waals surface area contributed by atoms with Crippen LogP contribution in [-0.2, 0) is 16.6 Å². The van der Waals surface area contributed by atoms with E-state index >= 15 is 0 Å². The lowest BCUT2D eigenvalue weighted by Gasteiger charge is -2.30. The first-order chi connectivity index (χ1) is 12.8. The maximum absolute atomic E-state index is 12.9. The van der Waals surface area contributed by atoms with Crippen molar-refractivity contribution in [2.45, 2.75) is 31.2 Å². The molecule has 0 atom stereocenters. The van der Waals surface area contributed by atoms with Gasteiger partial charge in [0.05, 0.1) is 4.90 Å². The number of hydrogen-bond acceptors (Lipinski definition) is 3. The molecule has 1 amide bonds. The van der Waals surface area contributed by atoms with Gasteiger partial charge in [-0.05, 0) is 60.7 Å². The first kappa shape index (κ1) is 19.5. The van der Waals surface area contributed by atoms with Crippen LogP contribution in [0.4, 0.5) is 4.39 Å². The van der Waals surface area contributed by atoms with Crippen LogP contribution >= 0.6 is 0 Å². The zero-order valence-electron chi connectivity index (χ0n) is 15.2. The van der Waals surface area contributed by atoms with Gasteiger partial charge in [-0.2, -0.15) is 0 Å². The van der Waals surface area contributed by atoms with E-state index in [1.54, 1.807) is 12.1 Å². The maximum atomic E-state index is 12.9. The Morgan fingerprint density at radius 3 is 2.26 bits per heavy atom. The van der Waals surface area contributed by atoms with Gasteiger partial charge in [0.2, 0.25) is 10.0 Å². The second-order valence-corrected chi connectivity index (χ2v) is 8.72. The molecule has 2 aromatic carbocycles. The van der Waals surface area contributed by atoms with Crippen molar-refractivity contribution in [3.8, 4) is 0 Å². The predicted octanol–water partition coefficient (Wildman–Crippen LogP) is 3.18. The molecule has 2 aromatic rings. The first-order valence-electron chi connectivity index (χ1n) is 8.98. The van der Waals surface area contributed by atoms with E-state index in [1.807, 2.05) is 4.90 Å². The van der Waals surface area contributed by atoms with Crippen molar-refractivity contribution in [2.75, 3.05) is 13.1 Å². The fraction of sp³-hybridized carbons (Fsp3) is 0.350. The van der Waals surface area contributed by atoms with Crippen molar-refractivity contribution in [3.05, 3.63) is 65.5 Å². The number of amides is 1. The Bertz CT molecular complexity index is 888. The van der Waals surface area contributed by atoms with Crippen molar-refractivity contribution in [1.82, 2.24) is 9.62 Å². The summed E-state index contributed by atoms with van der Waals surface area (Å²) in [6.07, 6.45) is 1.98. The molecule has 144 valence electrons. The van der Waals surface area contributed by atoms with Gasteiger partial charge in [0.15, 0.2) is 0 Å². The van der Waals surface area contributed by atoms with E-state index in [0.717, 1.165) is 25.9 Å². The molecule has 0 radical (unpaired) electrons. The summed E-state index contributed by atoms with van der Waals surface area (Å²) in [6.45, 7) is 3.72. The Morgan fingerprint density at radius 1 is 1.07 bits per heavy atom. The van der Waals surface area contributed by atoms with E-state index < -0.39 is 10.0 Å². The topological polar surface area (TPSA) is 66.5 Å². The minimum absolute atomic E-state index is 0.0647. The van der Waals surface area contributed by atoms with Crippen LogP contribution in [0.3, 0.4) is 0 Å². The molecule has 1 saturated heterocycles. The molecule has 1 heterocycles. The van der Waals surface area contributed by atoms with E-state index in [1.165, 1.54) is 36.4 Å². The average Bonchev–Trinajstić information content (AvgIpc) is 2.68. The summed E-state index contributed by atoms with van der Waals surface area (Å²) in [6, 6.07) is 11.6. The van der Waals surface area contributed by atoms with Gasteiger partial charge in [-0.15, -0.1) is 0 Å². The molecule has 0 aliphatic carbocycles. The zero-order chi connectivity index (χ0) is 19.4. The number of carbonyl (C=O) groups is 1. The highest BCUT2D eigenvalue weighted by molar-refractivity contribution is 7.89. The van der Waals surface area contributed by atoms with Gasteiger partial charge in [0.25, 0.3) is 5.91 Å². The molecule has 0 unspecified atom stereocenters. The lowest BCUT2D eigenvalue weighted by atomic mass is 9.98. The van der Waals surface area contributed by atoms with Crippen molar-refractivity contribution in [1.29, 1.82) is 0 Å². The fourth-order valence-electron chi connectivity index (χ4n) is 3.03. The van der Waals surface area contributed by atoms with Crippen LogP contribution in [0.25, 0.3) is 0 Å². The van der Waals surface area contributed by atoms with E-state index in [4.69, 9.17) is 0 Å². The van der Waals surface area contributed by atoms with Crippen LogP contribution < -0.4 is 4.72 Å². The Hall–Kier alpha value is -2.25. The molecule has 5 nitrogen and oxygen atoms in total. The number of benzene rings is 2. The molecular formula is C20H23FN2O3S. The monoisotopic (exact) mass is 390 g/mol. The third-order valence-electron chi connectivity index (χ3n) is 4.86. The van der Waals surface area contributed by atoms with Gasteiger partial charge >= 0.3 is 0 Å². The van der Waals surface area contributed by atoms with Crippen LogP contribution in [0.5, 0.6) is 0 Å². The highest BCUT2D eigenvalue weighted by Gasteiger charge is 2.22. The number of halogens is 1. The highest BCUT2D eigenvalue weighted by Crippen LogP contribution is 2.19. The minimum atomic E-state index is -3.71. The minimum Gasteiger partial charge on any atom is -0.339 e. The van der Waals surface area contributed by atoms with Gasteiger partial charge in [-0.3, -0.25) is 4.79 Å². The van der Waals surface area contributed by atoms with Gasteiger partial charge in [-0.25, -0.2) is 17.5 Å². The maximum Gasteiger partial charge on any atom is 0.253 e. The second kappa shape index (κ2) is 8.19. The second-order valence-electron chi connectivity index (χ2n) is 6.95. The lowest BCUT2D eigenvalue weighted by molar-refractivity contribution is 0.0697. The summed E-state index contributed by atoms with van der Waals surface area (Å²) in [7, 11) is -3.71. The number of rotatable bonds is 5. The van der Waals surface area contributed by atoms with E-state index in [-0.39, 0.29) is 23.2 Å². The summed E-state index contributed by atoms with van der Waals surface area (Å²) < 4.78 is 40.2. The molecule has 3 rings (SSSR count). The van der Waals surface area contributed by atoms with Crippen LogP contribution in [0.1, 0.15) is 35.7 Å². The van der Waals surface area contributed by atoms with Crippen LogP contribution in [0, 0.1) is 11.7 Å². The largest absolute Gasteiger partial charge is 0.339 e. The van der Waals surface area contributed by atoms with E-state index in [2.05, 4.69) is 11.6 Å². The summed E-state index contributed by atoms with van der Waals surface area (Å²) in [5.74, 6) is 0.198. The number of nitrogens with zero attached hydrogens (tertiary/aromatic N) is 1. The summed E-state index contributed by atoms with van der Waals surface area (Å²) in [4.78, 5) is 14.4. The van der Waals surface area contributed by atoms with E-state index in [9.17, 15) is 17.6 Å². The smallest absolute Gasteiger partial charge is 0.253 e. The van der Waals surface area contributed by atoms with E-state index in [0.29, 0.717) is 17.0 Å². The number of carbonyl (C=O) groups excluding carboxylic acids is 1. The van der Waals surface area contributed by atoms with Crippen molar-refractivity contribution in [3.63, 3.8) is 0 Å². The average molecular weight is 390 g/mol. The molecule has 27 heavy (non-hydrogen) atoms. The Labute approximate surface area is 159 Å². The van der Waals surface area contributed by atoms with Crippen molar-refractivity contribution >= 4 is 15.9 Å². The first-order valence-corrected chi connectivity index (χ1v) is 10.5. The van der Waals surface area contributed by atoms with Crippen LogP contribution in [-0.4, -0.2) is 32.3 Å². The third-order valence-corrected chi connectivity index (χ3v) is 6.28. The number of sulfonamides is 1. The van der Waals surface area contributed by atoms with Gasteiger partial charge < -0.3 is 4.90 Å². The molecular weight excluding hydrogens is 367 g/mol. The normalized spacial score (nSPS) is 15.7. The van der Waals surface area contributed by atoms with Crippen molar-refractivity contribution in [2.24, 2.45) is 5.92 Å². The van der Waals surface area contributed by atoms with Crippen molar-refractivity contribution < 1.29 is 17.6 Å². The number of hydrogen-bond donors (Lipinski definition) is 1. The summed E-state index contributed by atoms with van der Waals surface area (Å²) >= 11 is 0. The lowest BCUT2D eigenvalue weighted by Crippen LogP contribution is -2.37. The van der Waals surface area contributed by atoms with Gasteiger partial charge in [0, 0.05) is 25.2 Å². The summed E-state index contributed by atoms with van der Waals surface area (Å²) in [5, 5.41) is 0. The molecule has 1 N–H and O–H groups in total. The Kier molecular flexibility index (Phi) is 5.92. The SMILES string of the molecule is CC1CCN(C(=O)c2ccc(S(=O)(=O)NCc3ccc(F)cc3)cc2)CC1. The van der Waals surface area contributed by atoms with Crippen LogP contribution in [0.15, 0.2) is 53.4 Å². The molecule has 1 aliphatic rings. The third kappa shape index (κ3) is 4.93. The van der Waals surface area contributed by atoms with Gasteiger partial charge in [-0.1, -0.05) is 19.1 Å². The quantitative estimate of drug-likeness (QED) is 0.853. The molecule has 7 heteroatoms. The molecule has 1 fully saturated rings. The van der Waals surface area contributed by atoms with Gasteiger partial charge in [0.1, 0.15) is 5.82 Å². The molecule has 1 aliphatic heterocycles. The molecule has 0 spiro atoms. The molecule has 0 aromatic heterocycles. The Balaban J connectivity index is 1.64. The number of nitrogens with one attached hydrogen (secondary N) is 1. The zero-order valence-corrected chi connectivity index (χ0v) is 16.0. The Morgan fingerprint density at radius 2 is 1.67 bits per heavy atom. The number of piperidine rings is 1.